The zero-order chi connectivity index (χ0) is 27.5. The number of hydrogen-bond donors (Lipinski definition) is 6. The van der Waals surface area contributed by atoms with E-state index in [1.807, 2.05) is 0 Å². The fourth-order valence-electron chi connectivity index (χ4n) is 2.99. The van der Waals surface area contributed by atoms with Crippen LogP contribution in [-0.2, 0) is 38.4 Å². The predicted molar refractivity (Wildman–Crippen MR) is 119 cm³/mol. The molecular formula is C20H32N6O9. The van der Waals surface area contributed by atoms with Crippen molar-refractivity contribution in [2.45, 2.75) is 70.6 Å². The smallest absolute Gasteiger partial charge is 0.305 e. The number of nitrogens with one attached hydrogen (secondary N) is 2. The Labute approximate surface area is 201 Å². The third-order valence-electron chi connectivity index (χ3n) is 4.75. The van der Waals surface area contributed by atoms with Crippen molar-refractivity contribution in [1.82, 2.24) is 15.5 Å². The average Bonchev–Trinajstić information content (AvgIpc) is 2.72. The second kappa shape index (κ2) is 14.4. The molecule has 0 aromatic carbocycles. The first-order valence-corrected chi connectivity index (χ1v) is 10.6. The number of aliphatic carboxylic acids is 1. The van der Waals surface area contributed by atoms with E-state index in [0.29, 0.717) is 4.90 Å². The molecule has 0 aliphatic heterocycles. The lowest BCUT2D eigenvalue weighted by Gasteiger charge is -2.31. The van der Waals surface area contributed by atoms with E-state index in [4.69, 9.17) is 22.3 Å². The van der Waals surface area contributed by atoms with Gasteiger partial charge < -0.3 is 37.7 Å². The molecule has 15 heteroatoms. The maximum atomic E-state index is 13.1. The summed E-state index contributed by atoms with van der Waals surface area (Å²) in [7, 11) is 0. The molecule has 15 nitrogen and oxygen atoms in total. The van der Waals surface area contributed by atoms with Crippen LogP contribution in [-0.4, -0.2) is 81.9 Å². The summed E-state index contributed by atoms with van der Waals surface area (Å²) < 4.78 is 0. The van der Waals surface area contributed by atoms with Crippen molar-refractivity contribution in [3.8, 4) is 0 Å². The van der Waals surface area contributed by atoms with Crippen LogP contribution >= 0.6 is 0 Å². The summed E-state index contributed by atoms with van der Waals surface area (Å²) in [5.41, 5.74) is 15.7. The van der Waals surface area contributed by atoms with Crippen molar-refractivity contribution in [2.75, 3.05) is 0 Å². The van der Waals surface area contributed by atoms with Crippen LogP contribution in [0, 0.1) is 5.92 Å². The van der Waals surface area contributed by atoms with Crippen LogP contribution in [0.4, 0.5) is 0 Å². The van der Waals surface area contributed by atoms with Gasteiger partial charge in [0.2, 0.25) is 29.5 Å². The fourth-order valence-corrected chi connectivity index (χ4v) is 2.99. The van der Waals surface area contributed by atoms with Crippen molar-refractivity contribution >= 4 is 47.7 Å². The lowest BCUT2D eigenvalue weighted by Crippen LogP contribution is -2.59. The van der Waals surface area contributed by atoms with Gasteiger partial charge in [-0.1, -0.05) is 13.8 Å². The van der Waals surface area contributed by atoms with Crippen molar-refractivity contribution in [1.29, 1.82) is 0 Å². The summed E-state index contributed by atoms with van der Waals surface area (Å²) in [6, 6.07) is -5.85. The van der Waals surface area contributed by atoms with Crippen molar-refractivity contribution < 1.29 is 43.5 Å². The second-order valence-electron chi connectivity index (χ2n) is 8.10. The van der Waals surface area contributed by atoms with Crippen LogP contribution in [0.1, 0.15) is 46.5 Å². The van der Waals surface area contributed by atoms with Crippen LogP contribution in [0.25, 0.3) is 0 Å². The standard InChI is InChI=1S/C20H32N6O9/c1-9(2)17(20(35)26(10(3)28)11(8-27)6-16(31)32)25-19(34)13(4-5-14(22)29)24-18(33)12(21)7-15(23)30/h8-9,11-13,17H,4-7,21H2,1-3H3,(H2,22,29)(H2,23,30)(H,24,33)(H,25,34)(H,31,32)/t11-,12-,13-,17-/m0/s1. The number of carbonyl (C=O) groups excluding carboxylic acids is 7. The highest BCUT2D eigenvalue weighted by Crippen LogP contribution is 2.13. The highest BCUT2D eigenvalue weighted by Gasteiger charge is 2.37. The molecule has 0 unspecified atom stereocenters. The molecule has 0 aliphatic carbocycles. The highest BCUT2D eigenvalue weighted by atomic mass is 16.4. The Kier molecular flexibility index (Phi) is 12.8. The van der Waals surface area contributed by atoms with Gasteiger partial charge in [0.1, 0.15) is 24.4 Å². The highest BCUT2D eigenvalue weighted by molar-refractivity contribution is 6.02. The van der Waals surface area contributed by atoms with Gasteiger partial charge in [-0.3, -0.25) is 38.5 Å². The molecule has 0 aromatic heterocycles. The zero-order valence-electron chi connectivity index (χ0n) is 19.7. The van der Waals surface area contributed by atoms with E-state index < -0.39 is 84.3 Å². The number of carboxylic acid groups (broad SMARTS) is 1. The van der Waals surface area contributed by atoms with E-state index in [0.717, 1.165) is 6.92 Å². The summed E-state index contributed by atoms with van der Waals surface area (Å²) in [6.07, 6.45) is -1.87. The molecule has 0 fully saturated rings. The molecule has 0 aliphatic rings. The first-order chi connectivity index (χ1) is 16.1. The minimum absolute atomic E-state index is 0.128. The van der Waals surface area contributed by atoms with Crippen LogP contribution < -0.4 is 27.8 Å². The monoisotopic (exact) mass is 500 g/mol. The molecule has 0 saturated carbocycles. The summed E-state index contributed by atoms with van der Waals surface area (Å²) in [4.78, 5) is 95.4. The summed E-state index contributed by atoms with van der Waals surface area (Å²) >= 11 is 0. The van der Waals surface area contributed by atoms with Gasteiger partial charge in [0.15, 0.2) is 0 Å². The second-order valence-corrected chi connectivity index (χ2v) is 8.10. The normalized spacial score (nSPS) is 14.1. The molecule has 9 N–H and O–H groups in total. The molecule has 0 aromatic rings. The van der Waals surface area contributed by atoms with Crippen molar-refractivity contribution in [3.63, 3.8) is 0 Å². The average molecular weight is 501 g/mol. The number of amides is 6. The van der Waals surface area contributed by atoms with Gasteiger partial charge in [-0.2, -0.15) is 0 Å². The third kappa shape index (κ3) is 10.7. The number of rotatable bonds is 15. The van der Waals surface area contributed by atoms with Gasteiger partial charge in [0, 0.05) is 13.3 Å². The van der Waals surface area contributed by atoms with E-state index in [1.165, 1.54) is 13.8 Å². The van der Waals surface area contributed by atoms with E-state index in [2.05, 4.69) is 10.6 Å². The van der Waals surface area contributed by atoms with E-state index in [9.17, 15) is 38.4 Å². The topological polar surface area (TPSA) is 262 Å². The Bertz CT molecular complexity index is 860. The Balaban J connectivity index is 5.89. The van der Waals surface area contributed by atoms with Crippen LogP contribution in [0.3, 0.4) is 0 Å². The lowest BCUT2D eigenvalue weighted by atomic mass is 10.00. The van der Waals surface area contributed by atoms with Gasteiger partial charge in [-0.25, -0.2) is 0 Å². The zero-order valence-corrected chi connectivity index (χ0v) is 19.7. The fraction of sp³-hybridized carbons (Fsp3) is 0.600. The molecule has 4 atom stereocenters. The van der Waals surface area contributed by atoms with Crippen LogP contribution in [0.15, 0.2) is 0 Å². The van der Waals surface area contributed by atoms with Gasteiger partial charge in [-0.05, 0) is 12.3 Å². The number of carbonyl (C=O) groups is 8. The first kappa shape index (κ1) is 31.1. The Hall–Kier alpha value is -3.88. The number of carboxylic acids is 1. The number of aldehydes is 1. The molecule has 0 saturated heterocycles. The largest absolute Gasteiger partial charge is 0.481 e. The Morgan fingerprint density at radius 3 is 1.91 bits per heavy atom. The Morgan fingerprint density at radius 2 is 1.51 bits per heavy atom. The number of imide groups is 1. The molecule has 0 rings (SSSR count). The molecule has 0 spiro atoms. The van der Waals surface area contributed by atoms with Gasteiger partial charge >= 0.3 is 5.97 Å². The molecule has 0 heterocycles. The molecule has 0 radical (unpaired) electrons. The van der Waals surface area contributed by atoms with Crippen LogP contribution in [0.2, 0.25) is 0 Å². The number of hydrogen-bond acceptors (Lipinski definition) is 9. The molecule has 0 bridgehead atoms. The quantitative estimate of drug-likeness (QED) is 0.121. The number of nitrogens with two attached hydrogens (primary N) is 3. The van der Waals surface area contributed by atoms with E-state index in [-0.39, 0.29) is 19.1 Å². The van der Waals surface area contributed by atoms with E-state index >= 15 is 0 Å². The van der Waals surface area contributed by atoms with Crippen molar-refractivity contribution in [3.05, 3.63) is 0 Å². The first-order valence-electron chi connectivity index (χ1n) is 10.6. The minimum atomic E-state index is -1.62. The lowest BCUT2D eigenvalue weighted by molar-refractivity contribution is -0.153. The molecule has 6 amide bonds. The van der Waals surface area contributed by atoms with Gasteiger partial charge in [0.25, 0.3) is 5.91 Å². The molecule has 196 valence electrons. The predicted octanol–water partition coefficient (Wildman–Crippen LogP) is -3.50. The van der Waals surface area contributed by atoms with E-state index in [1.54, 1.807) is 0 Å². The minimum Gasteiger partial charge on any atom is -0.481 e. The van der Waals surface area contributed by atoms with Crippen LogP contribution in [0.5, 0.6) is 0 Å². The summed E-state index contributed by atoms with van der Waals surface area (Å²) in [6.45, 7) is 3.97. The maximum Gasteiger partial charge on any atom is 0.305 e. The summed E-state index contributed by atoms with van der Waals surface area (Å²) in [5.74, 6) is -7.63. The SMILES string of the molecule is CC(=O)N(C(=O)[C@@H](NC(=O)[C@H](CCC(N)=O)NC(=O)[C@@H](N)CC(N)=O)C(C)C)[C@H](C=O)CC(=O)O. The maximum absolute atomic E-state index is 13.1. The Morgan fingerprint density at radius 1 is 0.943 bits per heavy atom. The van der Waals surface area contributed by atoms with Gasteiger partial charge in [-0.15, -0.1) is 0 Å². The molecular weight excluding hydrogens is 468 g/mol. The molecule has 35 heavy (non-hydrogen) atoms. The third-order valence-corrected chi connectivity index (χ3v) is 4.75. The van der Waals surface area contributed by atoms with Gasteiger partial charge in [0.05, 0.1) is 18.9 Å². The number of primary amides is 2. The number of nitrogens with zero attached hydrogens (tertiary/aromatic N) is 1. The van der Waals surface area contributed by atoms with Crippen molar-refractivity contribution in [2.24, 2.45) is 23.1 Å². The summed E-state index contributed by atoms with van der Waals surface area (Å²) in [5, 5.41) is 13.6.